The molecular formula is C20H25N3O2. The van der Waals surface area contributed by atoms with E-state index >= 15 is 0 Å². The topological polar surface area (TPSA) is 45.7 Å². The summed E-state index contributed by atoms with van der Waals surface area (Å²) in [6, 6.07) is 11.9. The quantitative estimate of drug-likeness (QED) is 0.811. The summed E-state index contributed by atoms with van der Waals surface area (Å²) in [7, 11) is 0. The maximum atomic E-state index is 12.4. The first-order valence-corrected chi connectivity index (χ1v) is 8.86. The minimum Gasteiger partial charge on any atom is -0.483 e. The van der Waals surface area contributed by atoms with Crippen LogP contribution in [-0.4, -0.2) is 53.5 Å². The lowest BCUT2D eigenvalue weighted by atomic mass is 10.1. The van der Waals surface area contributed by atoms with Crippen LogP contribution in [0.2, 0.25) is 0 Å². The lowest BCUT2D eigenvalue weighted by molar-refractivity contribution is -0.135. The zero-order valence-corrected chi connectivity index (χ0v) is 14.7. The summed E-state index contributed by atoms with van der Waals surface area (Å²) in [6.45, 7) is 6.34. The van der Waals surface area contributed by atoms with Crippen LogP contribution >= 0.6 is 0 Å². The van der Waals surface area contributed by atoms with Gasteiger partial charge in [0.1, 0.15) is 5.75 Å². The molecule has 1 fully saturated rings. The summed E-state index contributed by atoms with van der Waals surface area (Å²) in [5, 5.41) is 0. The van der Waals surface area contributed by atoms with E-state index < -0.39 is 0 Å². The molecule has 0 atom stereocenters. The summed E-state index contributed by atoms with van der Waals surface area (Å²) in [6.07, 6.45) is 4.59. The second kappa shape index (κ2) is 8.62. The van der Waals surface area contributed by atoms with Gasteiger partial charge in [-0.05, 0) is 29.7 Å². The van der Waals surface area contributed by atoms with Crippen molar-refractivity contribution in [2.24, 2.45) is 0 Å². The first-order valence-electron chi connectivity index (χ1n) is 8.86. The van der Waals surface area contributed by atoms with Gasteiger partial charge in [-0.3, -0.25) is 14.7 Å². The maximum Gasteiger partial charge on any atom is 0.260 e. The third kappa shape index (κ3) is 4.79. The van der Waals surface area contributed by atoms with E-state index in [4.69, 9.17) is 4.74 Å². The lowest BCUT2D eigenvalue weighted by Gasteiger charge is -2.34. The number of nitrogens with zero attached hydrogens (tertiary/aromatic N) is 3. The SMILES string of the molecule is CCc1ccccc1OCC(=O)N1CCN(Cc2cccnc2)CC1. The summed E-state index contributed by atoms with van der Waals surface area (Å²) >= 11 is 0. The Labute approximate surface area is 149 Å². The smallest absolute Gasteiger partial charge is 0.260 e. The van der Waals surface area contributed by atoms with E-state index in [1.54, 1.807) is 6.20 Å². The van der Waals surface area contributed by atoms with Crippen LogP contribution < -0.4 is 4.74 Å². The normalized spacial score (nSPS) is 15.2. The third-order valence-corrected chi connectivity index (χ3v) is 4.56. The summed E-state index contributed by atoms with van der Waals surface area (Å²) in [5.41, 5.74) is 2.35. The van der Waals surface area contributed by atoms with Gasteiger partial charge in [0.05, 0.1) is 0 Å². The van der Waals surface area contributed by atoms with Crippen molar-refractivity contribution in [3.05, 3.63) is 59.9 Å². The van der Waals surface area contributed by atoms with Crippen LogP contribution in [0.3, 0.4) is 0 Å². The average molecular weight is 339 g/mol. The Balaban J connectivity index is 1.45. The molecule has 0 bridgehead atoms. The molecule has 1 amide bonds. The molecule has 0 N–H and O–H groups in total. The zero-order valence-electron chi connectivity index (χ0n) is 14.7. The van der Waals surface area contributed by atoms with Crippen molar-refractivity contribution in [2.75, 3.05) is 32.8 Å². The van der Waals surface area contributed by atoms with Gasteiger partial charge in [-0.25, -0.2) is 0 Å². The summed E-state index contributed by atoms with van der Waals surface area (Å²) in [5.74, 6) is 0.875. The fraction of sp³-hybridized carbons (Fsp3) is 0.400. The molecule has 1 aromatic heterocycles. The first-order chi connectivity index (χ1) is 12.3. The molecule has 2 heterocycles. The molecule has 1 saturated heterocycles. The fourth-order valence-corrected chi connectivity index (χ4v) is 3.07. The maximum absolute atomic E-state index is 12.4. The molecule has 0 radical (unpaired) electrons. The van der Waals surface area contributed by atoms with Crippen molar-refractivity contribution in [1.82, 2.24) is 14.8 Å². The number of carbonyl (C=O) groups is 1. The largest absolute Gasteiger partial charge is 0.483 e. The van der Waals surface area contributed by atoms with E-state index in [1.165, 1.54) is 5.56 Å². The number of amides is 1. The number of para-hydroxylation sites is 1. The van der Waals surface area contributed by atoms with Crippen LogP contribution in [0.5, 0.6) is 5.75 Å². The number of ether oxygens (including phenoxy) is 1. The van der Waals surface area contributed by atoms with Crippen LogP contribution in [0.4, 0.5) is 0 Å². The molecule has 3 rings (SSSR count). The number of carbonyl (C=O) groups excluding carboxylic acids is 1. The second-order valence-corrected chi connectivity index (χ2v) is 6.27. The summed E-state index contributed by atoms with van der Waals surface area (Å²) in [4.78, 5) is 20.8. The van der Waals surface area contributed by atoms with Gasteiger partial charge in [0.2, 0.25) is 0 Å². The minimum atomic E-state index is 0.0620. The van der Waals surface area contributed by atoms with E-state index in [0.29, 0.717) is 0 Å². The van der Waals surface area contributed by atoms with Gasteiger partial charge in [0.15, 0.2) is 6.61 Å². The highest BCUT2D eigenvalue weighted by atomic mass is 16.5. The second-order valence-electron chi connectivity index (χ2n) is 6.27. The van der Waals surface area contributed by atoms with Crippen molar-refractivity contribution in [3.8, 4) is 5.75 Å². The molecule has 0 unspecified atom stereocenters. The molecule has 1 aliphatic rings. The van der Waals surface area contributed by atoms with E-state index in [0.717, 1.165) is 50.5 Å². The number of pyridine rings is 1. The number of hydrogen-bond donors (Lipinski definition) is 0. The number of benzene rings is 1. The highest BCUT2D eigenvalue weighted by molar-refractivity contribution is 5.78. The Morgan fingerprint density at radius 2 is 1.92 bits per heavy atom. The third-order valence-electron chi connectivity index (χ3n) is 4.56. The van der Waals surface area contributed by atoms with Gasteiger partial charge >= 0.3 is 0 Å². The first kappa shape index (κ1) is 17.4. The Kier molecular flexibility index (Phi) is 6.01. The molecule has 5 heteroatoms. The molecule has 1 aliphatic heterocycles. The van der Waals surface area contributed by atoms with E-state index in [2.05, 4.69) is 22.9 Å². The summed E-state index contributed by atoms with van der Waals surface area (Å²) < 4.78 is 5.75. The number of aromatic nitrogens is 1. The van der Waals surface area contributed by atoms with Crippen LogP contribution in [0.25, 0.3) is 0 Å². The predicted octanol–water partition coefficient (Wildman–Crippen LogP) is 2.37. The van der Waals surface area contributed by atoms with Crippen LogP contribution in [0, 0.1) is 0 Å². The molecule has 5 nitrogen and oxygen atoms in total. The van der Waals surface area contributed by atoms with Gasteiger partial charge in [0, 0.05) is 45.1 Å². The van der Waals surface area contributed by atoms with Gasteiger partial charge in [0.25, 0.3) is 5.91 Å². The number of hydrogen-bond acceptors (Lipinski definition) is 4. The van der Waals surface area contributed by atoms with Crippen LogP contribution in [-0.2, 0) is 17.8 Å². The lowest BCUT2D eigenvalue weighted by Crippen LogP contribution is -2.49. The van der Waals surface area contributed by atoms with E-state index in [1.807, 2.05) is 41.4 Å². The van der Waals surface area contributed by atoms with E-state index in [-0.39, 0.29) is 12.5 Å². The predicted molar refractivity (Wildman–Crippen MR) is 97.4 cm³/mol. The van der Waals surface area contributed by atoms with Crippen molar-refractivity contribution in [3.63, 3.8) is 0 Å². The molecule has 25 heavy (non-hydrogen) atoms. The standard InChI is InChI=1S/C20H25N3O2/c1-2-18-7-3-4-8-19(18)25-16-20(24)23-12-10-22(11-13-23)15-17-6-5-9-21-14-17/h3-9,14H,2,10-13,15-16H2,1H3. The number of rotatable bonds is 6. The van der Waals surface area contributed by atoms with Gasteiger partial charge in [-0.1, -0.05) is 31.2 Å². The fourth-order valence-electron chi connectivity index (χ4n) is 3.07. The van der Waals surface area contributed by atoms with Crippen molar-refractivity contribution >= 4 is 5.91 Å². The van der Waals surface area contributed by atoms with Crippen molar-refractivity contribution in [2.45, 2.75) is 19.9 Å². The average Bonchev–Trinajstić information content (AvgIpc) is 2.67. The molecule has 132 valence electrons. The molecule has 0 spiro atoms. The highest BCUT2D eigenvalue weighted by Crippen LogP contribution is 2.18. The highest BCUT2D eigenvalue weighted by Gasteiger charge is 2.21. The number of aryl methyl sites for hydroxylation is 1. The minimum absolute atomic E-state index is 0.0620. The molecule has 0 aliphatic carbocycles. The van der Waals surface area contributed by atoms with Gasteiger partial charge < -0.3 is 9.64 Å². The van der Waals surface area contributed by atoms with Crippen LogP contribution in [0.15, 0.2) is 48.8 Å². The van der Waals surface area contributed by atoms with Gasteiger partial charge in [-0.2, -0.15) is 0 Å². The molecular weight excluding hydrogens is 314 g/mol. The van der Waals surface area contributed by atoms with Gasteiger partial charge in [-0.15, -0.1) is 0 Å². The Hall–Kier alpha value is -2.40. The zero-order chi connectivity index (χ0) is 17.5. The Morgan fingerprint density at radius 3 is 2.64 bits per heavy atom. The molecule has 0 saturated carbocycles. The number of piperazine rings is 1. The Bertz CT molecular complexity index is 682. The molecule has 1 aromatic carbocycles. The van der Waals surface area contributed by atoms with Crippen LogP contribution in [0.1, 0.15) is 18.1 Å². The van der Waals surface area contributed by atoms with E-state index in [9.17, 15) is 4.79 Å². The Morgan fingerprint density at radius 1 is 1.12 bits per heavy atom. The van der Waals surface area contributed by atoms with Crippen molar-refractivity contribution < 1.29 is 9.53 Å². The van der Waals surface area contributed by atoms with Crippen molar-refractivity contribution in [1.29, 1.82) is 0 Å². The molecule has 2 aromatic rings. The monoisotopic (exact) mass is 339 g/mol.